The first-order valence-electron chi connectivity index (χ1n) is 15.8. The lowest BCUT2D eigenvalue weighted by molar-refractivity contribution is -0.144. The van der Waals surface area contributed by atoms with Gasteiger partial charge in [0.25, 0.3) is 0 Å². The first-order chi connectivity index (χ1) is 23.3. The Hall–Kier alpha value is -5.44. The Labute approximate surface area is 281 Å². The van der Waals surface area contributed by atoms with Gasteiger partial charge in [-0.3, -0.25) is 9.59 Å². The summed E-state index contributed by atoms with van der Waals surface area (Å²) in [6, 6.07) is 22.8. The Bertz CT molecular complexity index is 1540. The van der Waals surface area contributed by atoms with E-state index < -0.39 is 17.9 Å². The first-order valence-corrected chi connectivity index (χ1v) is 15.8. The highest BCUT2D eigenvalue weighted by Gasteiger charge is 2.13. The molecule has 0 heterocycles. The fourth-order valence-electron chi connectivity index (χ4n) is 4.33. The molecule has 0 atom stereocenters. The van der Waals surface area contributed by atoms with Crippen LogP contribution in [0, 0.1) is 0 Å². The van der Waals surface area contributed by atoms with Gasteiger partial charge in [-0.05, 0) is 84.8 Å². The molecule has 0 saturated heterocycles. The van der Waals surface area contributed by atoms with Crippen molar-refractivity contribution in [1.29, 1.82) is 0 Å². The Morgan fingerprint density at radius 2 is 1.21 bits per heavy atom. The van der Waals surface area contributed by atoms with Crippen molar-refractivity contribution in [2.75, 3.05) is 33.5 Å². The molecule has 9 heteroatoms. The molecule has 0 bridgehead atoms. The second kappa shape index (κ2) is 20.6. The average molecular weight is 655 g/mol. The third kappa shape index (κ3) is 13.5. The fraction of sp³-hybridized carbons (Fsp3) is 0.282. The van der Waals surface area contributed by atoms with Crippen LogP contribution in [0.3, 0.4) is 0 Å². The van der Waals surface area contributed by atoms with E-state index in [1.54, 1.807) is 36.4 Å². The number of ketones is 1. The summed E-state index contributed by atoms with van der Waals surface area (Å²) in [5, 5.41) is 0. The predicted molar refractivity (Wildman–Crippen MR) is 184 cm³/mol. The van der Waals surface area contributed by atoms with E-state index >= 15 is 0 Å². The van der Waals surface area contributed by atoms with Crippen molar-refractivity contribution >= 4 is 29.8 Å². The molecule has 3 rings (SSSR count). The van der Waals surface area contributed by atoms with Gasteiger partial charge in [-0.15, -0.1) is 0 Å². The standard InChI is InChI=1S/C39H42O9/c1-4-37(41)47-27-9-26-46-35-21-17-33(18-22-35)36(40)23-12-30-10-13-31(14-11-30)32-15-19-34(20-16-32)45-24-7-5-6-8-25-48-39(43)29(2)28-38(42)44-3/h4,10-23H,1-2,5-9,24-28H2,3H3/b23-12+. The molecule has 0 aromatic heterocycles. The highest BCUT2D eigenvalue weighted by Crippen LogP contribution is 2.24. The Morgan fingerprint density at radius 3 is 1.81 bits per heavy atom. The van der Waals surface area contributed by atoms with E-state index in [0.717, 1.165) is 54.2 Å². The van der Waals surface area contributed by atoms with Crippen molar-refractivity contribution in [2.45, 2.75) is 38.5 Å². The SMILES string of the molecule is C=CC(=O)OCCCOc1ccc(C(=O)/C=C/c2ccc(-c3ccc(OCCCCCCOC(=O)C(=C)CC(=O)OC)cc3)cc2)cc1. The highest BCUT2D eigenvalue weighted by molar-refractivity contribution is 6.06. The largest absolute Gasteiger partial charge is 0.494 e. The van der Waals surface area contributed by atoms with E-state index in [1.807, 2.05) is 48.5 Å². The van der Waals surface area contributed by atoms with Gasteiger partial charge in [0.2, 0.25) is 0 Å². The van der Waals surface area contributed by atoms with Crippen molar-refractivity contribution in [1.82, 2.24) is 0 Å². The normalized spacial score (nSPS) is 10.6. The minimum Gasteiger partial charge on any atom is -0.494 e. The molecular formula is C39H42O9. The van der Waals surface area contributed by atoms with Crippen molar-refractivity contribution in [2.24, 2.45) is 0 Å². The highest BCUT2D eigenvalue weighted by atomic mass is 16.5. The second-order valence-corrected chi connectivity index (χ2v) is 10.7. The van der Waals surface area contributed by atoms with Crippen LogP contribution in [0.15, 0.2) is 104 Å². The summed E-state index contributed by atoms with van der Waals surface area (Å²) in [5.74, 6) is -0.236. The van der Waals surface area contributed by atoms with Crippen LogP contribution in [-0.4, -0.2) is 57.2 Å². The van der Waals surface area contributed by atoms with Gasteiger partial charge in [0.15, 0.2) is 5.78 Å². The van der Waals surface area contributed by atoms with Gasteiger partial charge in [-0.1, -0.05) is 55.6 Å². The third-order valence-electron chi connectivity index (χ3n) is 7.05. The van der Waals surface area contributed by atoms with Crippen LogP contribution in [0.5, 0.6) is 11.5 Å². The number of ether oxygens (including phenoxy) is 5. The smallest absolute Gasteiger partial charge is 0.333 e. The van der Waals surface area contributed by atoms with Crippen molar-refractivity contribution < 1.29 is 42.9 Å². The lowest BCUT2D eigenvalue weighted by Gasteiger charge is -2.08. The molecule has 0 unspecified atom stereocenters. The van der Waals surface area contributed by atoms with Crippen molar-refractivity contribution in [3.05, 3.63) is 115 Å². The lowest BCUT2D eigenvalue weighted by Crippen LogP contribution is -2.12. The molecule has 0 fully saturated rings. The van der Waals surface area contributed by atoms with Crippen LogP contribution in [0.1, 0.15) is 54.4 Å². The minimum atomic E-state index is -0.571. The van der Waals surface area contributed by atoms with E-state index in [-0.39, 0.29) is 31.0 Å². The molecule has 0 radical (unpaired) electrons. The summed E-state index contributed by atoms with van der Waals surface area (Å²) >= 11 is 0. The molecular weight excluding hydrogens is 612 g/mol. The summed E-state index contributed by atoms with van der Waals surface area (Å²) in [6.07, 6.45) is 8.26. The topological polar surface area (TPSA) is 114 Å². The number of unbranched alkanes of at least 4 members (excludes halogenated alkanes) is 3. The van der Waals surface area contributed by atoms with Gasteiger partial charge < -0.3 is 23.7 Å². The van der Waals surface area contributed by atoms with Crippen molar-refractivity contribution in [3.63, 3.8) is 0 Å². The monoisotopic (exact) mass is 654 g/mol. The Kier molecular flexibility index (Phi) is 15.9. The number of hydrogen-bond donors (Lipinski definition) is 0. The molecule has 252 valence electrons. The summed E-state index contributed by atoms with van der Waals surface area (Å²) in [6.45, 7) is 8.41. The Morgan fingerprint density at radius 1 is 0.667 bits per heavy atom. The quantitative estimate of drug-likeness (QED) is 0.0382. The van der Waals surface area contributed by atoms with Gasteiger partial charge in [-0.25, -0.2) is 9.59 Å². The number of hydrogen-bond acceptors (Lipinski definition) is 9. The first kappa shape index (κ1) is 37.0. The maximum atomic E-state index is 12.6. The maximum absolute atomic E-state index is 12.6. The van der Waals surface area contributed by atoms with Crippen LogP contribution < -0.4 is 9.47 Å². The average Bonchev–Trinajstić information content (AvgIpc) is 3.11. The Balaban J connectivity index is 1.33. The number of benzene rings is 3. The summed E-state index contributed by atoms with van der Waals surface area (Å²) in [7, 11) is 1.26. The van der Waals surface area contributed by atoms with Crippen LogP contribution in [0.2, 0.25) is 0 Å². The number of esters is 3. The molecule has 0 aliphatic carbocycles. The fourth-order valence-corrected chi connectivity index (χ4v) is 4.33. The van der Waals surface area contributed by atoms with Gasteiger partial charge in [0.05, 0.1) is 40.0 Å². The minimum absolute atomic E-state index is 0.0893. The second-order valence-electron chi connectivity index (χ2n) is 10.7. The number of carbonyl (C=O) groups excluding carboxylic acids is 4. The molecule has 0 N–H and O–H groups in total. The van der Waals surface area contributed by atoms with Gasteiger partial charge in [0, 0.05) is 23.6 Å². The number of carbonyl (C=O) groups is 4. The third-order valence-corrected chi connectivity index (χ3v) is 7.05. The van der Waals surface area contributed by atoms with Gasteiger partial charge in [0.1, 0.15) is 11.5 Å². The molecule has 9 nitrogen and oxygen atoms in total. The molecule has 0 amide bonds. The van der Waals surface area contributed by atoms with E-state index in [1.165, 1.54) is 7.11 Å². The maximum Gasteiger partial charge on any atom is 0.333 e. The summed E-state index contributed by atoms with van der Waals surface area (Å²) in [4.78, 5) is 46.7. The predicted octanol–water partition coefficient (Wildman–Crippen LogP) is 7.35. The summed E-state index contributed by atoms with van der Waals surface area (Å²) < 4.78 is 26.0. The van der Waals surface area contributed by atoms with Crippen LogP contribution in [0.4, 0.5) is 0 Å². The lowest BCUT2D eigenvalue weighted by atomic mass is 10.0. The van der Waals surface area contributed by atoms with E-state index in [2.05, 4.69) is 17.9 Å². The van der Waals surface area contributed by atoms with E-state index in [0.29, 0.717) is 30.9 Å². The van der Waals surface area contributed by atoms with Crippen LogP contribution in [-0.2, 0) is 28.6 Å². The molecule has 0 aliphatic rings. The van der Waals surface area contributed by atoms with Gasteiger partial charge in [-0.2, -0.15) is 0 Å². The zero-order valence-electron chi connectivity index (χ0n) is 27.3. The summed E-state index contributed by atoms with van der Waals surface area (Å²) in [5.41, 5.74) is 3.65. The van der Waals surface area contributed by atoms with Gasteiger partial charge >= 0.3 is 17.9 Å². The molecule has 0 spiro atoms. The zero-order valence-corrected chi connectivity index (χ0v) is 27.3. The number of rotatable bonds is 21. The van der Waals surface area contributed by atoms with Crippen LogP contribution >= 0.6 is 0 Å². The number of methoxy groups -OCH3 is 1. The molecule has 3 aromatic carbocycles. The number of allylic oxidation sites excluding steroid dienone is 1. The molecule has 0 aliphatic heterocycles. The molecule has 3 aromatic rings. The van der Waals surface area contributed by atoms with E-state index in [9.17, 15) is 19.2 Å². The zero-order chi connectivity index (χ0) is 34.6. The van der Waals surface area contributed by atoms with E-state index in [4.69, 9.17) is 18.9 Å². The van der Waals surface area contributed by atoms with Crippen LogP contribution in [0.25, 0.3) is 17.2 Å². The van der Waals surface area contributed by atoms with Crippen molar-refractivity contribution in [3.8, 4) is 22.6 Å². The molecule has 48 heavy (non-hydrogen) atoms. The molecule has 0 saturated carbocycles.